The number of carbonyl (C=O) groups excluding carboxylic acids is 2. The number of amides is 1. The van der Waals surface area contributed by atoms with Gasteiger partial charge < -0.3 is 14.8 Å². The zero-order valence-corrected chi connectivity index (χ0v) is 12.0. The molecule has 2 rings (SSSR count). The minimum Gasteiger partial charge on any atom is -0.460 e. The van der Waals surface area contributed by atoms with Gasteiger partial charge in [0.2, 0.25) is 0 Å². The van der Waals surface area contributed by atoms with Crippen LogP contribution in [-0.4, -0.2) is 33.9 Å². The first-order valence-corrected chi connectivity index (χ1v) is 6.72. The second-order valence-corrected chi connectivity index (χ2v) is 4.24. The number of aromatic nitrogens is 3. The molecule has 8 nitrogen and oxygen atoms in total. The molecule has 0 unspecified atom stereocenters. The molecule has 116 valence electrons. The number of nitrogens with one attached hydrogen (secondary N) is 2. The molecule has 1 aromatic carbocycles. The highest BCUT2D eigenvalue weighted by molar-refractivity contribution is 5.84. The number of benzene rings is 1. The number of esters is 1. The van der Waals surface area contributed by atoms with Gasteiger partial charge in [-0.05, 0) is 12.5 Å². The summed E-state index contributed by atoms with van der Waals surface area (Å²) in [5.41, 5.74) is 0.891. The highest BCUT2D eigenvalue weighted by Gasteiger charge is 2.13. The minimum absolute atomic E-state index is 0.0695. The van der Waals surface area contributed by atoms with Crippen molar-refractivity contribution in [3.63, 3.8) is 0 Å². The number of aromatic amines is 1. The van der Waals surface area contributed by atoms with Crippen molar-refractivity contribution in [2.75, 3.05) is 6.61 Å². The number of hydrogen-bond donors (Lipinski definition) is 2. The molecular formula is C14H16N4O4. The lowest BCUT2D eigenvalue weighted by atomic mass is 10.2. The molecule has 0 spiro atoms. The summed E-state index contributed by atoms with van der Waals surface area (Å²) >= 11 is 0. The van der Waals surface area contributed by atoms with E-state index >= 15 is 0 Å². The number of carbonyl (C=O) groups is 2. The number of nitrogens with zero attached hydrogens (tertiary/aromatic N) is 2. The number of H-pyrrole nitrogens is 1. The smallest absolute Gasteiger partial charge is 0.407 e. The zero-order valence-electron chi connectivity index (χ0n) is 12.0. The number of rotatable bonds is 6. The molecule has 1 aromatic heterocycles. The Labute approximate surface area is 126 Å². The van der Waals surface area contributed by atoms with Crippen molar-refractivity contribution in [3.05, 3.63) is 47.5 Å². The Morgan fingerprint density at radius 2 is 2.00 bits per heavy atom. The summed E-state index contributed by atoms with van der Waals surface area (Å²) in [5, 5.41) is 8.75. The molecular weight excluding hydrogens is 288 g/mol. The van der Waals surface area contributed by atoms with Gasteiger partial charge in [0.1, 0.15) is 12.4 Å². The van der Waals surface area contributed by atoms with Crippen LogP contribution in [0.5, 0.6) is 0 Å². The van der Waals surface area contributed by atoms with Crippen molar-refractivity contribution in [2.45, 2.75) is 20.1 Å². The lowest BCUT2D eigenvalue weighted by Crippen LogP contribution is -2.24. The predicted octanol–water partition coefficient (Wildman–Crippen LogP) is 1.41. The van der Waals surface area contributed by atoms with E-state index in [1.165, 1.54) is 0 Å². The first-order chi connectivity index (χ1) is 10.7. The van der Waals surface area contributed by atoms with E-state index in [4.69, 9.17) is 9.47 Å². The quantitative estimate of drug-likeness (QED) is 0.781. The normalized spacial score (nSPS) is 10.0. The summed E-state index contributed by atoms with van der Waals surface area (Å²) in [6, 6.07) is 9.32. The van der Waals surface area contributed by atoms with Crippen LogP contribution >= 0.6 is 0 Å². The lowest BCUT2D eigenvalue weighted by molar-refractivity contribution is 0.0512. The van der Waals surface area contributed by atoms with Gasteiger partial charge >= 0.3 is 12.1 Å². The molecule has 0 atom stereocenters. The van der Waals surface area contributed by atoms with Crippen LogP contribution in [0.15, 0.2) is 30.3 Å². The maximum atomic E-state index is 11.5. The molecule has 0 aliphatic rings. The lowest BCUT2D eigenvalue weighted by Gasteiger charge is -2.05. The zero-order chi connectivity index (χ0) is 15.8. The summed E-state index contributed by atoms with van der Waals surface area (Å²) in [6.07, 6.45) is -0.585. The van der Waals surface area contributed by atoms with Crippen LogP contribution in [0.2, 0.25) is 0 Å². The Morgan fingerprint density at radius 1 is 1.23 bits per heavy atom. The molecule has 0 saturated heterocycles. The fourth-order valence-electron chi connectivity index (χ4n) is 1.59. The van der Waals surface area contributed by atoms with Gasteiger partial charge in [0, 0.05) is 0 Å². The van der Waals surface area contributed by atoms with Gasteiger partial charge in [-0.2, -0.15) is 0 Å². The SMILES string of the molecule is CCOC(=O)c1n[nH]c(CNC(=O)OCc2ccccc2)n1. The third-order valence-corrected chi connectivity index (χ3v) is 2.60. The van der Waals surface area contributed by atoms with E-state index in [-0.39, 0.29) is 25.6 Å². The van der Waals surface area contributed by atoms with Gasteiger partial charge in [-0.25, -0.2) is 14.6 Å². The second kappa shape index (κ2) is 7.77. The fourth-order valence-corrected chi connectivity index (χ4v) is 1.59. The predicted molar refractivity (Wildman–Crippen MR) is 75.8 cm³/mol. The molecule has 0 aliphatic carbocycles. The first-order valence-electron chi connectivity index (χ1n) is 6.72. The Bertz CT molecular complexity index is 627. The first kappa shape index (κ1) is 15.5. The standard InChI is InChI=1S/C14H16N4O4/c1-2-21-13(19)12-16-11(17-18-12)8-15-14(20)22-9-10-6-4-3-5-7-10/h3-7H,2,8-9H2,1H3,(H,15,20)(H,16,17,18). The van der Waals surface area contributed by atoms with Crippen molar-refractivity contribution in [1.82, 2.24) is 20.5 Å². The molecule has 0 aliphatic heterocycles. The minimum atomic E-state index is -0.614. The van der Waals surface area contributed by atoms with Crippen LogP contribution in [0.3, 0.4) is 0 Å². The van der Waals surface area contributed by atoms with Gasteiger partial charge in [-0.1, -0.05) is 30.3 Å². The molecule has 1 heterocycles. The van der Waals surface area contributed by atoms with Crippen LogP contribution in [0.4, 0.5) is 4.79 Å². The second-order valence-electron chi connectivity index (χ2n) is 4.24. The Balaban J connectivity index is 1.75. The number of hydrogen-bond acceptors (Lipinski definition) is 6. The van der Waals surface area contributed by atoms with Crippen LogP contribution in [0.25, 0.3) is 0 Å². The van der Waals surface area contributed by atoms with Gasteiger partial charge in [0.15, 0.2) is 0 Å². The van der Waals surface area contributed by atoms with Crippen LogP contribution < -0.4 is 5.32 Å². The Hall–Kier alpha value is -2.90. The van der Waals surface area contributed by atoms with Crippen LogP contribution in [-0.2, 0) is 22.6 Å². The largest absolute Gasteiger partial charge is 0.460 e. The molecule has 0 radical (unpaired) electrons. The maximum Gasteiger partial charge on any atom is 0.407 e. The van der Waals surface area contributed by atoms with Crippen molar-refractivity contribution in [1.29, 1.82) is 0 Å². The monoisotopic (exact) mass is 304 g/mol. The van der Waals surface area contributed by atoms with E-state index in [9.17, 15) is 9.59 Å². The van der Waals surface area contributed by atoms with Gasteiger partial charge in [-0.3, -0.25) is 5.10 Å². The van der Waals surface area contributed by atoms with E-state index in [1.54, 1.807) is 6.92 Å². The third kappa shape index (κ3) is 4.58. The van der Waals surface area contributed by atoms with E-state index in [0.717, 1.165) is 5.56 Å². The molecule has 8 heteroatoms. The topological polar surface area (TPSA) is 106 Å². The summed E-state index contributed by atoms with van der Waals surface area (Å²) in [5.74, 6) is -0.354. The van der Waals surface area contributed by atoms with E-state index in [0.29, 0.717) is 5.82 Å². The van der Waals surface area contributed by atoms with E-state index < -0.39 is 12.1 Å². The molecule has 0 saturated carbocycles. The molecule has 0 bridgehead atoms. The van der Waals surface area contributed by atoms with Crippen molar-refractivity contribution in [3.8, 4) is 0 Å². The van der Waals surface area contributed by atoms with Crippen molar-refractivity contribution in [2.24, 2.45) is 0 Å². The summed E-state index contributed by atoms with van der Waals surface area (Å²) in [7, 11) is 0. The van der Waals surface area contributed by atoms with E-state index in [2.05, 4.69) is 20.5 Å². The highest BCUT2D eigenvalue weighted by Crippen LogP contribution is 2.01. The highest BCUT2D eigenvalue weighted by atomic mass is 16.5. The van der Waals surface area contributed by atoms with Gasteiger partial charge in [-0.15, -0.1) is 5.10 Å². The molecule has 0 fully saturated rings. The maximum absolute atomic E-state index is 11.5. The molecule has 2 aromatic rings. The van der Waals surface area contributed by atoms with Crippen molar-refractivity contribution >= 4 is 12.1 Å². The average Bonchev–Trinajstić information content (AvgIpc) is 3.01. The van der Waals surface area contributed by atoms with Crippen molar-refractivity contribution < 1.29 is 19.1 Å². The van der Waals surface area contributed by atoms with Crippen LogP contribution in [0.1, 0.15) is 28.9 Å². The third-order valence-electron chi connectivity index (χ3n) is 2.60. The number of ether oxygens (including phenoxy) is 2. The Morgan fingerprint density at radius 3 is 2.73 bits per heavy atom. The van der Waals surface area contributed by atoms with Gasteiger partial charge in [0.05, 0.1) is 13.2 Å². The summed E-state index contributed by atoms with van der Waals surface area (Å²) < 4.78 is 9.80. The summed E-state index contributed by atoms with van der Waals surface area (Å²) in [4.78, 5) is 26.8. The van der Waals surface area contributed by atoms with Gasteiger partial charge in [0.25, 0.3) is 5.82 Å². The van der Waals surface area contributed by atoms with Crippen LogP contribution in [0, 0.1) is 0 Å². The number of alkyl carbamates (subject to hydrolysis) is 1. The average molecular weight is 304 g/mol. The molecule has 1 amide bonds. The fraction of sp³-hybridized carbons (Fsp3) is 0.286. The van der Waals surface area contributed by atoms with E-state index in [1.807, 2.05) is 30.3 Å². The molecule has 22 heavy (non-hydrogen) atoms. The molecule has 2 N–H and O–H groups in total. The summed E-state index contributed by atoms with van der Waals surface area (Å²) in [6.45, 7) is 2.18. The Kier molecular flexibility index (Phi) is 5.47.